The van der Waals surface area contributed by atoms with Crippen molar-refractivity contribution in [3.63, 3.8) is 0 Å². The minimum Gasteiger partial charge on any atom is -0.456 e. The second-order valence-corrected chi connectivity index (χ2v) is 8.62. The zero-order valence-corrected chi connectivity index (χ0v) is 17.9. The minimum atomic E-state index is 0.936. The van der Waals surface area contributed by atoms with Gasteiger partial charge in [0.15, 0.2) is 0 Å². The third kappa shape index (κ3) is 2.27. The Hall–Kier alpha value is -3.91. The van der Waals surface area contributed by atoms with Crippen LogP contribution in [-0.4, -0.2) is 0 Å². The Bertz CT molecular complexity index is 1710. The monoisotopic (exact) mass is 412 g/mol. The summed E-state index contributed by atoms with van der Waals surface area (Å²) in [5.41, 5.74) is 5.02. The molecule has 0 saturated heterocycles. The minimum absolute atomic E-state index is 0.936. The van der Waals surface area contributed by atoms with Crippen LogP contribution >= 0.6 is 0 Å². The number of benzene rings is 5. The van der Waals surface area contributed by atoms with Gasteiger partial charge in [-0.1, -0.05) is 67.6 Å². The molecule has 0 atom stereocenters. The molecule has 0 radical (unpaired) electrons. The number of pyridine rings is 1. The Morgan fingerprint density at radius 2 is 1.31 bits per heavy atom. The fourth-order valence-electron chi connectivity index (χ4n) is 5.51. The molecule has 1 aliphatic heterocycles. The van der Waals surface area contributed by atoms with Crippen LogP contribution in [0.1, 0.15) is 13.3 Å². The van der Waals surface area contributed by atoms with Crippen molar-refractivity contribution in [2.24, 2.45) is 0 Å². The van der Waals surface area contributed by atoms with E-state index in [0.29, 0.717) is 0 Å². The SMILES string of the molecule is CCC[n+]1c2cccc3c2c(c2c4ccccc4ccc21)-c1c(ccc2ccccc12)O3. The van der Waals surface area contributed by atoms with E-state index in [0.717, 1.165) is 24.5 Å². The quantitative estimate of drug-likeness (QED) is 0.161. The number of aromatic nitrogens is 1. The van der Waals surface area contributed by atoms with Crippen LogP contribution in [0.5, 0.6) is 11.5 Å². The molecule has 2 heterocycles. The second-order valence-electron chi connectivity index (χ2n) is 8.62. The van der Waals surface area contributed by atoms with Crippen molar-refractivity contribution < 1.29 is 9.30 Å². The van der Waals surface area contributed by atoms with E-state index in [1.807, 2.05) is 0 Å². The summed E-state index contributed by atoms with van der Waals surface area (Å²) in [5, 5.41) is 7.57. The van der Waals surface area contributed by atoms with E-state index in [4.69, 9.17) is 4.74 Å². The predicted octanol–water partition coefficient (Wildman–Crippen LogP) is 7.77. The van der Waals surface area contributed by atoms with Gasteiger partial charge in [0.25, 0.3) is 0 Å². The van der Waals surface area contributed by atoms with Crippen LogP contribution in [-0.2, 0) is 6.54 Å². The molecule has 152 valence electrons. The van der Waals surface area contributed by atoms with E-state index in [1.54, 1.807) is 0 Å². The highest BCUT2D eigenvalue weighted by Crippen LogP contribution is 2.52. The number of hydrogen-bond acceptors (Lipinski definition) is 1. The summed E-state index contributed by atoms with van der Waals surface area (Å²) in [6.07, 6.45) is 1.08. The van der Waals surface area contributed by atoms with Crippen molar-refractivity contribution in [2.45, 2.75) is 19.9 Å². The number of aryl methyl sites for hydroxylation is 1. The zero-order valence-electron chi connectivity index (χ0n) is 17.9. The maximum absolute atomic E-state index is 6.54. The van der Waals surface area contributed by atoms with Crippen molar-refractivity contribution in [3.05, 3.63) is 91.0 Å². The highest BCUT2D eigenvalue weighted by molar-refractivity contribution is 6.23. The molecule has 0 aliphatic carbocycles. The molecule has 2 nitrogen and oxygen atoms in total. The first kappa shape index (κ1) is 17.7. The third-order valence-electron chi connectivity index (χ3n) is 6.80. The van der Waals surface area contributed by atoms with E-state index in [2.05, 4.69) is 102 Å². The molecule has 0 bridgehead atoms. The summed E-state index contributed by atoms with van der Waals surface area (Å²) < 4.78 is 9.01. The number of hydrogen-bond donors (Lipinski definition) is 0. The normalized spacial score (nSPS) is 12.4. The molecule has 0 N–H and O–H groups in total. The van der Waals surface area contributed by atoms with Crippen LogP contribution in [0.2, 0.25) is 0 Å². The molecule has 0 saturated carbocycles. The average Bonchev–Trinajstić information content (AvgIpc) is 2.85. The molecule has 0 amide bonds. The van der Waals surface area contributed by atoms with E-state index in [1.165, 1.54) is 54.5 Å². The average molecular weight is 413 g/mol. The molecule has 32 heavy (non-hydrogen) atoms. The number of rotatable bonds is 2. The van der Waals surface area contributed by atoms with Crippen LogP contribution in [0.25, 0.3) is 54.5 Å². The Balaban J connectivity index is 1.83. The molecular weight excluding hydrogens is 390 g/mol. The van der Waals surface area contributed by atoms with Crippen LogP contribution < -0.4 is 9.30 Å². The summed E-state index contributed by atoms with van der Waals surface area (Å²) in [6.45, 7) is 3.21. The summed E-state index contributed by atoms with van der Waals surface area (Å²) in [6, 6.07) is 32.7. The van der Waals surface area contributed by atoms with Gasteiger partial charge in [0, 0.05) is 29.7 Å². The Morgan fingerprint density at radius 1 is 0.594 bits per heavy atom. The van der Waals surface area contributed by atoms with Gasteiger partial charge in [0.05, 0.1) is 10.8 Å². The lowest BCUT2D eigenvalue weighted by Gasteiger charge is -2.24. The lowest BCUT2D eigenvalue weighted by molar-refractivity contribution is -0.645. The van der Waals surface area contributed by atoms with Crippen LogP contribution in [0.4, 0.5) is 0 Å². The molecule has 2 heteroatoms. The first-order valence-electron chi connectivity index (χ1n) is 11.3. The van der Waals surface area contributed by atoms with Gasteiger partial charge in [0.1, 0.15) is 18.0 Å². The highest BCUT2D eigenvalue weighted by Gasteiger charge is 2.30. The smallest absolute Gasteiger partial charge is 0.217 e. The summed E-state index contributed by atoms with van der Waals surface area (Å²) >= 11 is 0. The number of ether oxygens (including phenoxy) is 1. The molecule has 7 rings (SSSR count). The van der Waals surface area contributed by atoms with Crippen LogP contribution in [0.15, 0.2) is 91.0 Å². The molecule has 5 aromatic carbocycles. The Kier molecular flexibility index (Phi) is 3.63. The molecule has 0 unspecified atom stereocenters. The van der Waals surface area contributed by atoms with Gasteiger partial charge in [-0.2, -0.15) is 4.57 Å². The van der Waals surface area contributed by atoms with Gasteiger partial charge in [-0.15, -0.1) is 0 Å². The van der Waals surface area contributed by atoms with Crippen molar-refractivity contribution in [2.75, 3.05) is 0 Å². The van der Waals surface area contributed by atoms with E-state index < -0.39 is 0 Å². The fraction of sp³-hybridized carbons (Fsp3) is 0.100. The topological polar surface area (TPSA) is 13.1 Å². The summed E-state index contributed by atoms with van der Waals surface area (Å²) in [4.78, 5) is 0. The third-order valence-corrected chi connectivity index (χ3v) is 6.80. The van der Waals surface area contributed by atoms with Gasteiger partial charge < -0.3 is 4.74 Å². The molecule has 0 fully saturated rings. The number of fused-ring (bicyclic) bond motifs is 8. The first-order chi connectivity index (χ1) is 15.8. The first-order valence-corrected chi connectivity index (χ1v) is 11.3. The molecule has 6 aromatic rings. The van der Waals surface area contributed by atoms with E-state index >= 15 is 0 Å². The molecule has 1 aliphatic rings. The van der Waals surface area contributed by atoms with E-state index in [9.17, 15) is 0 Å². The Labute approximate surface area is 186 Å². The molecule has 0 spiro atoms. The van der Waals surface area contributed by atoms with Crippen molar-refractivity contribution in [3.8, 4) is 22.6 Å². The maximum atomic E-state index is 6.54. The van der Waals surface area contributed by atoms with Crippen molar-refractivity contribution >= 4 is 43.4 Å². The largest absolute Gasteiger partial charge is 0.456 e. The predicted molar refractivity (Wildman–Crippen MR) is 132 cm³/mol. The van der Waals surface area contributed by atoms with Gasteiger partial charge in [-0.3, -0.25) is 0 Å². The fourth-order valence-corrected chi connectivity index (χ4v) is 5.51. The highest BCUT2D eigenvalue weighted by atomic mass is 16.5. The molecular formula is C30H22NO+. The van der Waals surface area contributed by atoms with Crippen molar-refractivity contribution in [1.29, 1.82) is 0 Å². The molecule has 1 aromatic heterocycles. The lowest BCUT2D eigenvalue weighted by Crippen LogP contribution is -2.36. The maximum Gasteiger partial charge on any atom is 0.217 e. The van der Waals surface area contributed by atoms with Crippen LogP contribution in [0.3, 0.4) is 0 Å². The summed E-state index contributed by atoms with van der Waals surface area (Å²) in [5.74, 6) is 1.88. The van der Waals surface area contributed by atoms with Gasteiger partial charge in [0.2, 0.25) is 11.0 Å². The standard InChI is InChI=1S/C30H22NO/c1-2-18-31-23-12-7-13-25-29(23)30(27-21-10-5-3-8-19(21)14-16-24(27)31)28-22-11-6-4-9-20(22)15-17-26(28)32-25/h3-17H,2,18H2,1H3/q+1. The van der Waals surface area contributed by atoms with Gasteiger partial charge in [-0.05, 0) is 39.7 Å². The number of nitrogens with zero attached hydrogens (tertiary/aromatic N) is 1. The van der Waals surface area contributed by atoms with Crippen LogP contribution in [0, 0.1) is 0 Å². The zero-order chi connectivity index (χ0) is 21.2. The van der Waals surface area contributed by atoms with Gasteiger partial charge in [-0.25, -0.2) is 0 Å². The van der Waals surface area contributed by atoms with E-state index in [-0.39, 0.29) is 0 Å². The van der Waals surface area contributed by atoms with Gasteiger partial charge >= 0.3 is 0 Å². The lowest BCUT2D eigenvalue weighted by atomic mass is 9.87. The summed E-state index contributed by atoms with van der Waals surface area (Å²) in [7, 11) is 0. The van der Waals surface area contributed by atoms with Crippen molar-refractivity contribution in [1.82, 2.24) is 0 Å². The second kappa shape index (κ2) is 6.54. The Morgan fingerprint density at radius 3 is 2.16 bits per heavy atom.